The Kier molecular flexibility index (Phi) is 7.08. The fraction of sp³-hybridized carbons (Fsp3) is 0.467. The van der Waals surface area contributed by atoms with E-state index in [0.717, 1.165) is 17.7 Å². The van der Waals surface area contributed by atoms with Crippen LogP contribution in [0.25, 0.3) is 0 Å². The van der Waals surface area contributed by atoms with Crippen molar-refractivity contribution in [1.29, 1.82) is 0 Å². The Morgan fingerprint density at radius 3 is 2.67 bits per heavy atom. The Bertz CT molecular complexity index is 506. The number of carbonyl (C=O) groups is 2. The number of anilines is 1. The summed E-state index contributed by atoms with van der Waals surface area (Å²) in [6.45, 7) is 6.39. The van der Waals surface area contributed by atoms with Crippen molar-refractivity contribution in [3.8, 4) is 0 Å². The second kappa shape index (κ2) is 8.56. The molecule has 0 radical (unpaired) electrons. The molecule has 0 aliphatic heterocycles. The van der Waals surface area contributed by atoms with Crippen molar-refractivity contribution in [3.63, 3.8) is 0 Å². The summed E-state index contributed by atoms with van der Waals surface area (Å²) in [7, 11) is 0. The van der Waals surface area contributed by atoms with Gasteiger partial charge in [-0.3, -0.25) is 4.79 Å². The normalized spacial score (nSPS) is 11.8. The van der Waals surface area contributed by atoms with Crippen molar-refractivity contribution in [2.24, 2.45) is 0 Å². The summed E-state index contributed by atoms with van der Waals surface area (Å²) in [5.41, 5.74) is 1.72. The van der Waals surface area contributed by atoms with E-state index < -0.39 is 5.97 Å². The molecule has 0 heterocycles. The van der Waals surface area contributed by atoms with Crippen LogP contribution < -0.4 is 10.6 Å². The molecule has 1 unspecified atom stereocenters. The predicted molar refractivity (Wildman–Crippen MR) is 86.1 cm³/mol. The number of aliphatic carboxylic acids is 1. The zero-order valence-electron chi connectivity index (χ0n) is 12.6. The molecule has 5 nitrogen and oxygen atoms in total. The Balaban J connectivity index is 2.55. The first-order chi connectivity index (χ1) is 9.92. The predicted octanol–water partition coefficient (Wildman–Crippen LogP) is 3.48. The van der Waals surface area contributed by atoms with Crippen LogP contribution in [0.4, 0.5) is 10.5 Å². The summed E-state index contributed by atoms with van der Waals surface area (Å²) in [6.07, 6.45) is 1.02. The van der Waals surface area contributed by atoms with Crippen molar-refractivity contribution in [2.75, 3.05) is 11.9 Å². The lowest BCUT2D eigenvalue weighted by Gasteiger charge is -2.12. The van der Waals surface area contributed by atoms with E-state index in [1.54, 1.807) is 0 Å². The number of carbonyl (C=O) groups excluding carboxylic acids is 1. The third-order valence-corrected chi connectivity index (χ3v) is 4.24. The minimum Gasteiger partial charge on any atom is -0.481 e. The molecule has 0 aliphatic rings. The van der Waals surface area contributed by atoms with Gasteiger partial charge in [0.05, 0.1) is 6.42 Å². The standard InChI is InChI=1S/C15H22N2O3S/c1-4-11(3)21-12-5-6-13(10(2)9-12)17-15(20)16-8-7-14(18)19/h5-6,9,11H,4,7-8H2,1-3H3,(H,18,19)(H2,16,17,20). The number of hydrogen-bond acceptors (Lipinski definition) is 3. The van der Waals surface area contributed by atoms with Crippen LogP contribution >= 0.6 is 11.8 Å². The Labute approximate surface area is 129 Å². The lowest BCUT2D eigenvalue weighted by Crippen LogP contribution is -2.30. The van der Waals surface area contributed by atoms with Gasteiger partial charge in [0.25, 0.3) is 0 Å². The first-order valence-corrected chi connectivity index (χ1v) is 7.84. The molecule has 3 N–H and O–H groups in total. The average molecular weight is 310 g/mol. The van der Waals surface area contributed by atoms with E-state index in [4.69, 9.17) is 5.11 Å². The molecular weight excluding hydrogens is 288 g/mol. The van der Waals surface area contributed by atoms with Crippen LogP contribution in [0.2, 0.25) is 0 Å². The molecule has 21 heavy (non-hydrogen) atoms. The highest BCUT2D eigenvalue weighted by Gasteiger charge is 2.07. The number of urea groups is 1. The van der Waals surface area contributed by atoms with E-state index in [1.165, 1.54) is 4.90 Å². The average Bonchev–Trinajstić information content (AvgIpc) is 2.41. The number of amides is 2. The molecule has 1 aromatic rings. The Morgan fingerprint density at radius 1 is 1.38 bits per heavy atom. The summed E-state index contributed by atoms with van der Waals surface area (Å²) in [6, 6.07) is 5.51. The lowest BCUT2D eigenvalue weighted by atomic mass is 10.2. The number of rotatable bonds is 7. The van der Waals surface area contributed by atoms with Crippen molar-refractivity contribution < 1.29 is 14.7 Å². The number of thioether (sulfide) groups is 1. The second-order valence-electron chi connectivity index (χ2n) is 4.84. The summed E-state index contributed by atoms with van der Waals surface area (Å²) >= 11 is 1.81. The highest BCUT2D eigenvalue weighted by molar-refractivity contribution is 7.99. The van der Waals surface area contributed by atoms with Gasteiger partial charge in [-0.05, 0) is 37.1 Å². The fourth-order valence-electron chi connectivity index (χ4n) is 1.61. The molecule has 0 saturated carbocycles. The zero-order chi connectivity index (χ0) is 15.8. The van der Waals surface area contributed by atoms with Crippen molar-refractivity contribution in [3.05, 3.63) is 23.8 Å². The molecule has 116 valence electrons. The highest BCUT2D eigenvalue weighted by atomic mass is 32.2. The maximum Gasteiger partial charge on any atom is 0.319 e. The van der Waals surface area contributed by atoms with Gasteiger partial charge >= 0.3 is 12.0 Å². The van der Waals surface area contributed by atoms with Crippen LogP contribution in [0.15, 0.2) is 23.1 Å². The molecule has 2 amide bonds. The van der Waals surface area contributed by atoms with Crippen molar-refractivity contribution in [1.82, 2.24) is 5.32 Å². The van der Waals surface area contributed by atoms with E-state index in [-0.39, 0.29) is 19.0 Å². The van der Waals surface area contributed by atoms with Gasteiger partial charge < -0.3 is 15.7 Å². The minimum absolute atomic E-state index is 0.0864. The van der Waals surface area contributed by atoms with Gasteiger partial charge in [-0.25, -0.2) is 4.79 Å². The van der Waals surface area contributed by atoms with E-state index >= 15 is 0 Å². The quantitative estimate of drug-likeness (QED) is 0.674. The third kappa shape index (κ3) is 6.53. The van der Waals surface area contributed by atoms with E-state index in [0.29, 0.717) is 5.25 Å². The number of aryl methyl sites for hydroxylation is 1. The first kappa shape index (κ1) is 17.4. The molecule has 0 fully saturated rings. The maximum absolute atomic E-state index is 11.6. The molecule has 0 aliphatic carbocycles. The molecule has 1 aromatic carbocycles. The molecule has 1 atom stereocenters. The fourth-order valence-corrected chi connectivity index (χ4v) is 2.64. The van der Waals surface area contributed by atoms with Crippen LogP contribution in [0, 0.1) is 6.92 Å². The summed E-state index contributed by atoms with van der Waals surface area (Å²) in [4.78, 5) is 23.2. The van der Waals surface area contributed by atoms with Gasteiger partial charge in [0.2, 0.25) is 0 Å². The summed E-state index contributed by atoms with van der Waals surface area (Å²) in [5.74, 6) is -0.932. The van der Waals surface area contributed by atoms with Gasteiger partial charge in [-0.1, -0.05) is 13.8 Å². The van der Waals surface area contributed by atoms with Gasteiger partial charge in [-0.15, -0.1) is 11.8 Å². The van der Waals surface area contributed by atoms with E-state index in [9.17, 15) is 9.59 Å². The van der Waals surface area contributed by atoms with Gasteiger partial charge in [0.15, 0.2) is 0 Å². The van der Waals surface area contributed by atoms with Gasteiger partial charge in [-0.2, -0.15) is 0 Å². The molecule has 1 rings (SSSR count). The highest BCUT2D eigenvalue weighted by Crippen LogP contribution is 2.28. The van der Waals surface area contributed by atoms with Crippen LogP contribution in [-0.2, 0) is 4.79 Å². The molecule has 0 aromatic heterocycles. The number of nitrogens with one attached hydrogen (secondary N) is 2. The van der Waals surface area contributed by atoms with Gasteiger partial charge in [0, 0.05) is 22.4 Å². The third-order valence-electron chi connectivity index (χ3n) is 2.98. The maximum atomic E-state index is 11.6. The number of benzene rings is 1. The molecule has 0 spiro atoms. The second-order valence-corrected chi connectivity index (χ2v) is 6.35. The van der Waals surface area contributed by atoms with Crippen LogP contribution in [-0.4, -0.2) is 28.9 Å². The monoisotopic (exact) mass is 310 g/mol. The van der Waals surface area contributed by atoms with Crippen LogP contribution in [0.3, 0.4) is 0 Å². The van der Waals surface area contributed by atoms with Crippen molar-refractivity contribution >= 4 is 29.4 Å². The van der Waals surface area contributed by atoms with Crippen LogP contribution in [0.1, 0.15) is 32.3 Å². The Morgan fingerprint density at radius 2 is 2.10 bits per heavy atom. The molecule has 0 saturated heterocycles. The van der Waals surface area contributed by atoms with Crippen LogP contribution in [0.5, 0.6) is 0 Å². The lowest BCUT2D eigenvalue weighted by molar-refractivity contribution is -0.136. The molecule has 0 bridgehead atoms. The number of hydrogen-bond donors (Lipinski definition) is 3. The first-order valence-electron chi connectivity index (χ1n) is 6.96. The zero-order valence-corrected chi connectivity index (χ0v) is 13.4. The van der Waals surface area contributed by atoms with Crippen molar-refractivity contribution in [2.45, 2.75) is 43.8 Å². The largest absolute Gasteiger partial charge is 0.481 e. The summed E-state index contributed by atoms with van der Waals surface area (Å²) < 4.78 is 0. The topological polar surface area (TPSA) is 78.4 Å². The van der Waals surface area contributed by atoms with E-state index in [2.05, 4.69) is 24.5 Å². The minimum atomic E-state index is -0.932. The number of carboxylic acid groups (broad SMARTS) is 1. The molecule has 6 heteroatoms. The molecular formula is C15H22N2O3S. The number of carboxylic acids is 1. The van der Waals surface area contributed by atoms with E-state index in [1.807, 2.05) is 36.9 Å². The Hall–Kier alpha value is -1.69. The SMILES string of the molecule is CCC(C)Sc1ccc(NC(=O)NCCC(=O)O)c(C)c1. The van der Waals surface area contributed by atoms with Gasteiger partial charge in [0.1, 0.15) is 0 Å². The summed E-state index contributed by atoms with van der Waals surface area (Å²) in [5, 5.41) is 14.3. The smallest absolute Gasteiger partial charge is 0.319 e.